The number of rotatable bonds is 10. The Morgan fingerprint density at radius 2 is 1.92 bits per heavy atom. The third kappa shape index (κ3) is 6.53. The lowest BCUT2D eigenvalue weighted by Gasteiger charge is -2.34. The van der Waals surface area contributed by atoms with E-state index in [1.807, 2.05) is 19.9 Å². The lowest BCUT2D eigenvalue weighted by Crippen LogP contribution is -2.43. The van der Waals surface area contributed by atoms with Crippen LogP contribution in [0.1, 0.15) is 44.1 Å². The summed E-state index contributed by atoms with van der Waals surface area (Å²) in [5, 5.41) is 2.96. The Kier molecular flexibility index (Phi) is 9.13. The third-order valence-electron chi connectivity index (χ3n) is 7.22. The summed E-state index contributed by atoms with van der Waals surface area (Å²) in [6.45, 7) is 12.7. The Bertz CT molecular complexity index is 1490. The summed E-state index contributed by atoms with van der Waals surface area (Å²) in [5.74, 6) is 0.175. The monoisotopic (exact) mass is 573 g/mol. The molecule has 212 valence electrons. The van der Waals surface area contributed by atoms with Crippen molar-refractivity contribution in [2.24, 2.45) is 11.8 Å². The zero-order chi connectivity index (χ0) is 28.3. The Labute approximate surface area is 234 Å². The first-order valence-corrected chi connectivity index (χ1v) is 15.8. The molecule has 1 aliphatic rings. The molecule has 0 bridgehead atoms. The SMILES string of the molecule is CCN(CCCNC(=O)Cn1cnc2sc(C)c(S(=O)(=O)N3CC(C)CC(C)C3)c2c1=O)c1cccc(C)c1. The normalized spacial score (nSPS) is 18.4. The molecule has 0 saturated carbocycles. The van der Waals surface area contributed by atoms with Crippen LogP contribution in [0.4, 0.5) is 5.69 Å². The lowest BCUT2D eigenvalue weighted by atomic mass is 9.94. The Hall–Kier alpha value is -2.76. The zero-order valence-corrected chi connectivity index (χ0v) is 25.1. The Morgan fingerprint density at radius 1 is 1.21 bits per heavy atom. The third-order valence-corrected chi connectivity index (χ3v) is 10.4. The Balaban J connectivity index is 1.45. The minimum atomic E-state index is -3.88. The van der Waals surface area contributed by atoms with Crippen molar-refractivity contribution in [3.05, 3.63) is 51.4 Å². The van der Waals surface area contributed by atoms with Crippen molar-refractivity contribution in [3.63, 3.8) is 0 Å². The van der Waals surface area contributed by atoms with Gasteiger partial charge in [-0.1, -0.05) is 26.0 Å². The molecule has 11 heteroatoms. The van der Waals surface area contributed by atoms with E-state index in [-0.39, 0.29) is 34.6 Å². The van der Waals surface area contributed by atoms with Crippen LogP contribution in [0.15, 0.2) is 40.3 Å². The van der Waals surface area contributed by atoms with E-state index < -0.39 is 15.6 Å². The summed E-state index contributed by atoms with van der Waals surface area (Å²) in [4.78, 5) is 33.7. The maximum atomic E-state index is 13.7. The summed E-state index contributed by atoms with van der Waals surface area (Å²) in [6, 6.07) is 8.33. The maximum absolute atomic E-state index is 13.7. The summed E-state index contributed by atoms with van der Waals surface area (Å²) in [7, 11) is -3.88. The number of fused-ring (bicyclic) bond motifs is 1. The second kappa shape index (κ2) is 12.2. The highest BCUT2D eigenvalue weighted by atomic mass is 32.2. The van der Waals surface area contributed by atoms with E-state index in [2.05, 4.69) is 47.2 Å². The molecule has 3 heterocycles. The molecule has 0 spiro atoms. The molecule has 1 amide bonds. The predicted molar refractivity (Wildman–Crippen MR) is 157 cm³/mol. The van der Waals surface area contributed by atoms with Crippen molar-refractivity contribution < 1.29 is 13.2 Å². The number of thiophene rings is 1. The highest BCUT2D eigenvalue weighted by Gasteiger charge is 2.35. The van der Waals surface area contributed by atoms with Crippen LogP contribution in [0.3, 0.4) is 0 Å². The molecule has 1 aromatic carbocycles. The molecule has 2 aromatic heterocycles. The van der Waals surface area contributed by atoms with Gasteiger partial charge < -0.3 is 10.2 Å². The molecule has 0 radical (unpaired) electrons. The predicted octanol–water partition coefficient (Wildman–Crippen LogP) is 3.77. The number of aryl methyl sites for hydroxylation is 2. The molecule has 2 unspecified atom stereocenters. The van der Waals surface area contributed by atoms with Crippen molar-refractivity contribution in [2.45, 2.75) is 58.9 Å². The molecular weight excluding hydrogens is 534 g/mol. The molecule has 1 N–H and O–H groups in total. The fourth-order valence-electron chi connectivity index (χ4n) is 5.47. The van der Waals surface area contributed by atoms with Gasteiger partial charge in [-0.3, -0.25) is 14.2 Å². The maximum Gasteiger partial charge on any atom is 0.263 e. The first kappa shape index (κ1) is 29.2. The van der Waals surface area contributed by atoms with E-state index in [0.717, 1.165) is 31.6 Å². The number of sulfonamides is 1. The highest BCUT2D eigenvalue weighted by Crippen LogP contribution is 2.35. The number of hydrogen-bond donors (Lipinski definition) is 1. The standard InChI is InChI=1S/C28H39N5O4S2/c1-6-31(23-10-7-9-19(2)14-23)12-8-11-29-24(34)17-32-18-30-27-25(28(32)35)26(22(5)38-27)39(36,37)33-15-20(3)13-21(4)16-33/h7,9-10,14,18,20-21H,6,8,11-13,15-17H2,1-5H3,(H,29,34). The van der Waals surface area contributed by atoms with Gasteiger partial charge in [-0.15, -0.1) is 11.3 Å². The number of piperidine rings is 1. The molecule has 1 aliphatic heterocycles. The van der Waals surface area contributed by atoms with Gasteiger partial charge in [0.25, 0.3) is 5.56 Å². The van der Waals surface area contributed by atoms with Crippen LogP contribution >= 0.6 is 11.3 Å². The zero-order valence-electron chi connectivity index (χ0n) is 23.4. The molecule has 9 nitrogen and oxygen atoms in total. The van der Waals surface area contributed by atoms with Crippen LogP contribution in [0.5, 0.6) is 0 Å². The minimum Gasteiger partial charge on any atom is -0.372 e. The van der Waals surface area contributed by atoms with Gasteiger partial charge >= 0.3 is 0 Å². The topological polar surface area (TPSA) is 105 Å². The smallest absolute Gasteiger partial charge is 0.263 e. The molecule has 39 heavy (non-hydrogen) atoms. The Morgan fingerprint density at radius 3 is 2.59 bits per heavy atom. The second-order valence-corrected chi connectivity index (χ2v) is 13.8. The van der Waals surface area contributed by atoms with Crippen LogP contribution in [-0.4, -0.2) is 60.9 Å². The number of carbonyl (C=O) groups excluding carboxylic acids is 1. The van der Waals surface area contributed by atoms with E-state index >= 15 is 0 Å². The van der Waals surface area contributed by atoms with Gasteiger partial charge in [-0.2, -0.15) is 4.31 Å². The van der Waals surface area contributed by atoms with Gasteiger partial charge in [-0.25, -0.2) is 13.4 Å². The van der Waals surface area contributed by atoms with E-state index in [0.29, 0.717) is 29.3 Å². The van der Waals surface area contributed by atoms with Crippen molar-refractivity contribution in [1.82, 2.24) is 19.2 Å². The molecule has 3 aromatic rings. The first-order chi connectivity index (χ1) is 18.5. The summed E-state index contributed by atoms with van der Waals surface area (Å²) < 4.78 is 30.1. The second-order valence-electron chi connectivity index (χ2n) is 10.7. The number of anilines is 1. The van der Waals surface area contributed by atoms with Gasteiger partial charge in [0, 0.05) is 43.3 Å². The lowest BCUT2D eigenvalue weighted by molar-refractivity contribution is -0.121. The molecule has 4 rings (SSSR count). The largest absolute Gasteiger partial charge is 0.372 e. The van der Waals surface area contributed by atoms with Crippen LogP contribution in [-0.2, 0) is 21.4 Å². The summed E-state index contributed by atoms with van der Waals surface area (Å²) >= 11 is 1.20. The van der Waals surface area contributed by atoms with Gasteiger partial charge in [0.05, 0.1) is 11.7 Å². The van der Waals surface area contributed by atoms with Gasteiger partial charge in [0.2, 0.25) is 15.9 Å². The minimum absolute atomic E-state index is 0.0341. The van der Waals surface area contributed by atoms with E-state index in [1.165, 1.54) is 32.1 Å². The first-order valence-electron chi connectivity index (χ1n) is 13.6. The summed E-state index contributed by atoms with van der Waals surface area (Å²) in [6.07, 6.45) is 3.05. The van der Waals surface area contributed by atoms with Crippen molar-refractivity contribution in [2.75, 3.05) is 37.6 Å². The number of carbonyl (C=O) groups is 1. The van der Waals surface area contributed by atoms with Crippen LogP contribution < -0.4 is 15.8 Å². The number of aromatic nitrogens is 2. The van der Waals surface area contributed by atoms with Crippen molar-refractivity contribution in [3.8, 4) is 0 Å². The number of nitrogens with one attached hydrogen (secondary N) is 1. The molecule has 1 fully saturated rings. The van der Waals surface area contributed by atoms with E-state index in [1.54, 1.807) is 6.92 Å². The number of nitrogens with zero attached hydrogens (tertiary/aromatic N) is 4. The average molecular weight is 574 g/mol. The average Bonchev–Trinajstić information content (AvgIpc) is 3.22. The fourth-order valence-corrected chi connectivity index (χ4v) is 8.82. The van der Waals surface area contributed by atoms with Crippen molar-refractivity contribution in [1.29, 1.82) is 0 Å². The highest BCUT2D eigenvalue weighted by molar-refractivity contribution is 7.89. The molecular formula is C28H39N5O4S2. The number of amides is 1. The number of benzene rings is 1. The van der Waals surface area contributed by atoms with Crippen LogP contribution in [0, 0.1) is 25.7 Å². The van der Waals surface area contributed by atoms with Crippen molar-refractivity contribution >= 4 is 43.2 Å². The van der Waals surface area contributed by atoms with Crippen LogP contribution in [0.25, 0.3) is 10.2 Å². The fraction of sp³-hybridized carbons (Fsp3) is 0.536. The molecule has 0 aliphatic carbocycles. The summed E-state index contributed by atoms with van der Waals surface area (Å²) in [5.41, 5.74) is 1.85. The van der Waals surface area contributed by atoms with Gasteiger partial charge in [-0.05, 0) is 63.1 Å². The molecule has 1 saturated heterocycles. The van der Waals surface area contributed by atoms with Gasteiger partial charge in [0.1, 0.15) is 16.3 Å². The number of hydrogen-bond acceptors (Lipinski definition) is 7. The van der Waals surface area contributed by atoms with Crippen LogP contribution in [0.2, 0.25) is 0 Å². The van der Waals surface area contributed by atoms with E-state index in [9.17, 15) is 18.0 Å². The quantitative estimate of drug-likeness (QED) is 0.370. The van der Waals surface area contributed by atoms with Gasteiger partial charge in [0.15, 0.2) is 0 Å². The molecule has 2 atom stereocenters. The van der Waals surface area contributed by atoms with E-state index in [4.69, 9.17) is 0 Å².